The lowest BCUT2D eigenvalue weighted by atomic mass is 9.55. The molecule has 3 aliphatic rings. The summed E-state index contributed by atoms with van der Waals surface area (Å²) in [6.07, 6.45) is 6.80. The van der Waals surface area contributed by atoms with E-state index in [4.69, 9.17) is 4.74 Å². The minimum absolute atomic E-state index is 0.126. The third-order valence-electron chi connectivity index (χ3n) is 8.02. The summed E-state index contributed by atoms with van der Waals surface area (Å²) >= 11 is 0. The van der Waals surface area contributed by atoms with Gasteiger partial charge in [-0.1, -0.05) is 25.1 Å². The van der Waals surface area contributed by atoms with E-state index in [0.29, 0.717) is 17.8 Å². The van der Waals surface area contributed by atoms with Crippen molar-refractivity contribution in [2.24, 2.45) is 17.3 Å². The van der Waals surface area contributed by atoms with Gasteiger partial charge < -0.3 is 9.47 Å². The Bertz CT molecular complexity index is 1060. The number of benzene rings is 2. The lowest BCUT2D eigenvalue weighted by Crippen LogP contribution is -2.42. The Morgan fingerprint density at radius 3 is 2.56 bits per heavy atom. The number of hydrogen-bond acceptors (Lipinski definition) is 3. The Hall–Kier alpha value is -2.69. The SMILES string of the molecule is COc1ccc2c(c1)CCC1C2CCC2(C)C(=O)C(=Cc3ccc(OC(F)F)cc3)CC12. The van der Waals surface area contributed by atoms with Crippen LogP contribution in [-0.2, 0) is 11.2 Å². The first kappa shape index (κ1) is 21.2. The summed E-state index contributed by atoms with van der Waals surface area (Å²) in [5.41, 5.74) is 4.22. The lowest BCUT2D eigenvalue weighted by Gasteiger charge is -2.48. The van der Waals surface area contributed by atoms with Gasteiger partial charge in [0, 0.05) is 5.41 Å². The smallest absolute Gasteiger partial charge is 0.387 e. The van der Waals surface area contributed by atoms with Gasteiger partial charge in [-0.2, -0.15) is 8.78 Å². The highest BCUT2D eigenvalue weighted by molar-refractivity contribution is 6.06. The van der Waals surface area contributed by atoms with Gasteiger partial charge in [-0.25, -0.2) is 0 Å². The van der Waals surface area contributed by atoms with Crippen LogP contribution in [0.15, 0.2) is 48.0 Å². The number of rotatable bonds is 4. The fraction of sp³-hybridized carbons (Fsp3) is 0.444. The summed E-state index contributed by atoms with van der Waals surface area (Å²) in [4.78, 5) is 13.5. The molecule has 2 fully saturated rings. The molecular formula is C27H28F2O3. The zero-order valence-electron chi connectivity index (χ0n) is 18.4. The molecule has 0 spiro atoms. The van der Waals surface area contributed by atoms with Crippen LogP contribution in [0.1, 0.15) is 55.2 Å². The monoisotopic (exact) mass is 438 g/mol. The Balaban J connectivity index is 1.40. The molecular weight excluding hydrogens is 410 g/mol. The van der Waals surface area contributed by atoms with E-state index in [1.54, 1.807) is 19.2 Å². The maximum Gasteiger partial charge on any atom is 0.387 e. The van der Waals surface area contributed by atoms with Crippen LogP contribution >= 0.6 is 0 Å². The van der Waals surface area contributed by atoms with Crippen molar-refractivity contribution < 1.29 is 23.0 Å². The van der Waals surface area contributed by atoms with E-state index in [-0.39, 0.29) is 16.9 Å². The van der Waals surface area contributed by atoms with Gasteiger partial charge in [0.25, 0.3) is 0 Å². The summed E-state index contributed by atoms with van der Waals surface area (Å²) in [6.45, 7) is -0.687. The second-order valence-electron chi connectivity index (χ2n) is 9.59. The number of allylic oxidation sites excluding steroid dienone is 1. The minimum atomic E-state index is -2.84. The molecule has 0 bridgehead atoms. The molecule has 168 valence electrons. The van der Waals surface area contributed by atoms with Gasteiger partial charge in [0.2, 0.25) is 0 Å². The highest BCUT2D eigenvalue weighted by Crippen LogP contribution is 2.60. The first-order valence-electron chi connectivity index (χ1n) is 11.4. The molecule has 3 nitrogen and oxygen atoms in total. The maximum atomic E-state index is 13.5. The van der Waals surface area contributed by atoms with Gasteiger partial charge in [0.15, 0.2) is 5.78 Å². The second kappa shape index (κ2) is 8.02. The molecule has 0 saturated heterocycles. The molecule has 2 aromatic rings. The van der Waals surface area contributed by atoms with Crippen LogP contribution in [0.2, 0.25) is 0 Å². The van der Waals surface area contributed by atoms with Crippen LogP contribution in [-0.4, -0.2) is 19.5 Å². The zero-order chi connectivity index (χ0) is 22.5. The van der Waals surface area contributed by atoms with E-state index < -0.39 is 6.61 Å². The van der Waals surface area contributed by atoms with Crippen molar-refractivity contribution >= 4 is 11.9 Å². The van der Waals surface area contributed by atoms with Gasteiger partial charge >= 0.3 is 6.61 Å². The van der Waals surface area contributed by atoms with Crippen molar-refractivity contribution in [3.05, 3.63) is 64.7 Å². The number of ketones is 1. The third-order valence-corrected chi connectivity index (χ3v) is 8.02. The average molecular weight is 439 g/mol. The molecule has 4 unspecified atom stereocenters. The lowest BCUT2D eigenvalue weighted by molar-refractivity contribution is -0.127. The molecule has 3 aliphatic carbocycles. The molecule has 32 heavy (non-hydrogen) atoms. The molecule has 5 rings (SSSR count). The van der Waals surface area contributed by atoms with Gasteiger partial charge in [-0.05, 0) is 102 Å². The molecule has 0 aromatic heterocycles. The summed E-state index contributed by atoms with van der Waals surface area (Å²) in [5, 5.41) is 0. The number of ether oxygens (including phenoxy) is 2. The van der Waals surface area contributed by atoms with Gasteiger partial charge in [0.1, 0.15) is 11.5 Å². The maximum absolute atomic E-state index is 13.5. The number of fused-ring (bicyclic) bond motifs is 5. The van der Waals surface area contributed by atoms with Crippen LogP contribution in [0.5, 0.6) is 11.5 Å². The molecule has 0 aliphatic heterocycles. The zero-order valence-corrected chi connectivity index (χ0v) is 18.4. The average Bonchev–Trinajstić information content (AvgIpc) is 3.04. The molecule has 5 heteroatoms. The van der Waals surface area contributed by atoms with E-state index in [1.807, 2.05) is 6.08 Å². The van der Waals surface area contributed by atoms with Crippen LogP contribution in [0.3, 0.4) is 0 Å². The van der Waals surface area contributed by atoms with Crippen LogP contribution in [0.4, 0.5) is 8.78 Å². The fourth-order valence-corrected chi connectivity index (χ4v) is 6.43. The molecule has 2 saturated carbocycles. The van der Waals surface area contributed by atoms with Crippen LogP contribution < -0.4 is 9.47 Å². The topological polar surface area (TPSA) is 35.5 Å². The summed E-state index contributed by atoms with van der Waals surface area (Å²) in [6, 6.07) is 13.0. The molecule has 2 aromatic carbocycles. The standard InChI is InChI=1S/C27H28F2O3/c1-27-12-11-22-21-10-8-20(31-2)14-17(21)5-9-23(22)24(27)15-18(25(27)30)13-16-3-6-19(7-4-16)32-26(28)29/h3-4,6-8,10,13-14,22-24,26H,5,9,11-12,15H2,1-2H3. The summed E-state index contributed by atoms with van der Waals surface area (Å²) < 4.78 is 34.6. The van der Waals surface area contributed by atoms with Crippen molar-refractivity contribution in [1.29, 1.82) is 0 Å². The number of Topliss-reactive ketones (excluding diaryl/α,β-unsaturated/α-hetero) is 1. The largest absolute Gasteiger partial charge is 0.497 e. The minimum Gasteiger partial charge on any atom is -0.497 e. The third kappa shape index (κ3) is 3.52. The first-order chi connectivity index (χ1) is 15.4. The van der Waals surface area contributed by atoms with Crippen molar-refractivity contribution in [1.82, 2.24) is 0 Å². The predicted molar refractivity (Wildman–Crippen MR) is 119 cm³/mol. The van der Waals surface area contributed by atoms with Gasteiger partial charge in [-0.15, -0.1) is 0 Å². The van der Waals surface area contributed by atoms with Crippen molar-refractivity contribution in [3.8, 4) is 11.5 Å². The summed E-state index contributed by atoms with van der Waals surface area (Å²) in [7, 11) is 1.71. The van der Waals surface area contributed by atoms with Gasteiger partial charge in [-0.3, -0.25) is 4.79 Å². The molecule has 4 atom stereocenters. The quantitative estimate of drug-likeness (QED) is 0.517. The van der Waals surface area contributed by atoms with Crippen LogP contribution in [0.25, 0.3) is 6.08 Å². The highest BCUT2D eigenvalue weighted by Gasteiger charge is 2.56. The number of alkyl halides is 2. The summed E-state index contributed by atoms with van der Waals surface area (Å²) in [5.74, 6) is 2.65. The Labute approximate surface area is 187 Å². The Morgan fingerprint density at radius 2 is 1.84 bits per heavy atom. The van der Waals surface area contributed by atoms with E-state index in [2.05, 4.69) is 29.9 Å². The van der Waals surface area contributed by atoms with Crippen molar-refractivity contribution in [3.63, 3.8) is 0 Å². The highest BCUT2D eigenvalue weighted by atomic mass is 19.3. The normalized spacial score (nSPS) is 30.1. The van der Waals surface area contributed by atoms with Crippen molar-refractivity contribution in [2.75, 3.05) is 7.11 Å². The number of aryl methyl sites for hydroxylation is 1. The molecule has 0 N–H and O–H groups in total. The molecule has 0 amide bonds. The number of carbonyl (C=O) groups excluding carboxylic acids is 1. The fourth-order valence-electron chi connectivity index (χ4n) is 6.43. The van der Waals surface area contributed by atoms with Crippen LogP contribution in [0, 0.1) is 17.3 Å². The van der Waals surface area contributed by atoms with E-state index in [9.17, 15) is 13.6 Å². The number of carbonyl (C=O) groups is 1. The van der Waals surface area contributed by atoms with Crippen molar-refractivity contribution in [2.45, 2.75) is 51.6 Å². The van der Waals surface area contributed by atoms with E-state index in [1.165, 1.54) is 23.3 Å². The number of halogens is 2. The molecule has 0 radical (unpaired) electrons. The Morgan fingerprint density at radius 1 is 1.09 bits per heavy atom. The first-order valence-corrected chi connectivity index (χ1v) is 11.4. The number of hydrogen-bond donors (Lipinski definition) is 0. The van der Waals surface area contributed by atoms with E-state index in [0.717, 1.165) is 49.0 Å². The Kier molecular flexibility index (Phi) is 5.31. The predicted octanol–water partition coefficient (Wildman–Crippen LogP) is 6.42. The molecule has 0 heterocycles. The second-order valence-corrected chi connectivity index (χ2v) is 9.59. The van der Waals surface area contributed by atoms with E-state index >= 15 is 0 Å². The number of methoxy groups -OCH3 is 1. The van der Waals surface area contributed by atoms with Gasteiger partial charge in [0.05, 0.1) is 7.11 Å².